The highest BCUT2D eigenvalue weighted by atomic mass is 16.2. The van der Waals surface area contributed by atoms with Gasteiger partial charge in [-0.25, -0.2) is 0 Å². The van der Waals surface area contributed by atoms with Crippen molar-refractivity contribution in [2.24, 2.45) is 0 Å². The molecular formula is C15H25N3O. The molecule has 1 amide bonds. The summed E-state index contributed by atoms with van der Waals surface area (Å²) in [4.78, 5) is 16.3. The Morgan fingerprint density at radius 1 is 1.26 bits per heavy atom. The highest BCUT2D eigenvalue weighted by Gasteiger charge is 2.19. The highest BCUT2D eigenvalue weighted by molar-refractivity contribution is 5.95. The average Bonchev–Trinajstić information content (AvgIpc) is 2.37. The summed E-state index contributed by atoms with van der Waals surface area (Å²) in [6.45, 7) is 6.27. The van der Waals surface area contributed by atoms with Gasteiger partial charge in [-0.05, 0) is 40.1 Å². The van der Waals surface area contributed by atoms with Gasteiger partial charge in [0.05, 0.1) is 6.54 Å². The number of likely N-dealkylation sites (N-methyl/N-ethyl adjacent to an activating group) is 2. The Bertz CT molecular complexity index is 378. The van der Waals surface area contributed by atoms with Crippen molar-refractivity contribution in [3.05, 3.63) is 30.3 Å². The van der Waals surface area contributed by atoms with E-state index in [1.54, 1.807) is 0 Å². The maximum atomic E-state index is 12.4. The van der Waals surface area contributed by atoms with Gasteiger partial charge in [0, 0.05) is 24.8 Å². The summed E-state index contributed by atoms with van der Waals surface area (Å²) in [5.41, 5.74) is 0.963. The average molecular weight is 263 g/mol. The fourth-order valence-corrected chi connectivity index (χ4v) is 2.01. The van der Waals surface area contributed by atoms with Crippen LogP contribution >= 0.6 is 0 Å². The molecule has 0 saturated carbocycles. The zero-order valence-electron chi connectivity index (χ0n) is 12.4. The molecule has 4 heteroatoms. The quantitative estimate of drug-likeness (QED) is 0.811. The van der Waals surface area contributed by atoms with E-state index in [1.807, 2.05) is 68.1 Å². The molecule has 0 bridgehead atoms. The molecule has 0 aliphatic rings. The molecule has 0 fully saturated rings. The van der Waals surface area contributed by atoms with Crippen LogP contribution in [0.25, 0.3) is 0 Å². The Labute approximate surface area is 116 Å². The topological polar surface area (TPSA) is 35.6 Å². The van der Waals surface area contributed by atoms with Gasteiger partial charge in [0.15, 0.2) is 0 Å². The van der Waals surface area contributed by atoms with Crippen LogP contribution in [0.2, 0.25) is 0 Å². The second kappa shape index (κ2) is 7.92. The third kappa shape index (κ3) is 5.01. The number of nitrogens with zero attached hydrogens (tertiary/aromatic N) is 2. The third-order valence-corrected chi connectivity index (χ3v) is 2.97. The summed E-state index contributed by atoms with van der Waals surface area (Å²) in [7, 11) is 3.89. The van der Waals surface area contributed by atoms with E-state index in [0.29, 0.717) is 6.54 Å². The maximum Gasteiger partial charge on any atom is 0.241 e. The molecule has 4 nitrogen and oxygen atoms in total. The van der Waals surface area contributed by atoms with E-state index < -0.39 is 0 Å². The number of nitrogens with one attached hydrogen (secondary N) is 1. The SMILES string of the molecule is CNCCN(C)CC(=O)N(c1ccccc1)C(C)C. The molecule has 0 heterocycles. The van der Waals surface area contributed by atoms with Crippen molar-refractivity contribution in [3.63, 3.8) is 0 Å². The number of anilines is 1. The standard InChI is InChI=1S/C15H25N3O/c1-13(2)18(14-8-6-5-7-9-14)15(19)12-17(4)11-10-16-3/h5-9,13,16H,10-12H2,1-4H3. The lowest BCUT2D eigenvalue weighted by Gasteiger charge is -2.29. The number of benzene rings is 1. The predicted molar refractivity (Wildman–Crippen MR) is 80.5 cm³/mol. The van der Waals surface area contributed by atoms with Crippen molar-refractivity contribution < 1.29 is 4.79 Å². The molecule has 0 atom stereocenters. The smallest absolute Gasteiger partial charge is 0.241 e. The number of carbonyl (C=O) groups is 1. The summed E-state index contributed by atoms with van der Waals surface area (Å²) in [5, 5.41) is 3.09. The minimum absolute atomic E-state index is 0.139. The fraction of sp³-hybridized carbons (Fsp3) is 0.533. The van der Waals surface area contributed by atoms with E-state index in [9.17, 15) is 4.79 Å². The maximum absolute atomic E-state index is 12.4. The molecule has 1 N–H and O–H groups in total. The molecule has 0 aliphatic carbocycles. The molecule has 0 spiro atoms. The van der Waals surface area contributed by atoms with Crippen LogP contribution in [0.5, 0.6) is 0 Å². The fourth-order valence-electron chi connectivity index (χ4n) is 2.01. The monoisotopic (exact) mass is 263 g/mol. The van der Waals surface area contributed by atoms with Gasteiger partial charge in [-0.15, -0.1) is 0 Å². The van der Waals surface area contributed by atoms with E-state index in [4.69, 9.17) is 0 Å². The van der Waals surface area contributed by atoms with E-state index in [-0.39, 0.29) is 11.9 Å². The summed E-state index contributed by atoms with van der Waals surface area (Å²) in [6, 6.07) is 10.0. The Hall–Kier alpha value is -1.39. The van der Waals surface area contributed by atoms with E-state index in [1.165, 1.54) is 0 Å². The zero-order valence-corrected chi connectivity index (χ0v) is 12.4. The van der Waals surface area contributed by atoms with Crippen LogP contribution in [0.3, 0.4) is 0 Å². The minimum atomic E-state index is 0.139. The second-order valence-electron chi connectivity index (χ2n) is 5.03. The van der Waals surface area contributed by atoms with Crippen LogP contribution in [-0.4, -0.2) is 50.6 Å². The number of rotatable bonds is 7. The summed E-state index contributed by atoms with van der Waals surface area (Å²) in [6.07, 6.45) is 0. The third-order valence-electron chi connectivity index (χ3n) is 2.97. The molecule has 1 rings (SSSR count). The van der Waals surface area contributed by atoms with E-state index in [0.717, 1.165) is 18.8 Å². The van der Waals surface area contributed by atoms with Crippen molar-refractivity contribution in [2.75, 3.05) is 38.6 Å². The molecule has 0 radical (unpaired) electrons. The molecule has 19 heavy (non-hydrogen) atoms. The van der Waals surface area contributed by atoms with Gasteiger partial charge in [0.2, 0.25) is 5.91 Å². The first kappa shape index (κ1) is 15.7. The normalized spacial score (nSPS) is 11.1. The lowest BCUT2D eigenvalue weighted by Crippen LogP contribution is -2.44. The first-order valence-electron chi connectivity index (χ1n) is 6.76. The van der Waals surface area contributed by atoms with Crippen LogP contribution in [0.4, 0.5) is 5.69 Å². The van der Waals surface area contributed by atoms with Crippen molar-refractivity contribution in [2.45, 2.75) is 19.9 Å². The van der Waals surface area contributed by atoms with Gasteiger partial charge in [0.1, 0.15) is 0 Å². The Balaban J connectivity index is 2.69. The second-order valence-corrected chi connectivity index (χ2v) is 5.03. The van der Waals surface area contributed by atoms with Gasteiger partial charge in [-0.3, -0.25) is 9.69 Å². The van der Waals surface area contributed by atoms with Crippen molar-refractivity contribution in [1.82, 2.24) is 10.2 Å². The van der Waals surface area contributed by atoms with Crippen LogP contribution in [0, 0.1) is 0 Å². The van der Waals surface area contributed by atoms with E-state index >= 15 is 0 Å². The van der Waals surface area contributed by atoms with Gasteiger partial charge in [-0.2, -0.15) is 0 Å². The molecule has 0 saturated heterocycles. The Morgan fingerprint density at radius 2 is 1.89 bits per heavy atom. The number of hydrogen-bond acceptors (Lipinski definition) is 3. The molecule has 1 aromatic carbocycles. The number of hydrogen-bond donors (Lipinski definition) is 1. The van der Waals surface area contributed by atoms with Crippen LogP contribution in [-0.2, 0) is 4.79 Å². The first-order chi connectivity index (χ1) is 9.06. The Kier molecular flexibility index (Phi) is 6.53. The first-order valence-corrected chi connectivity index (χ1v) is 6.76. The zero-order chi connectivity index (χ0) is 14.3. The molecule has 1 aromatic rings. The van der Waals surface area contributed by atoms with Gasteiger partial charge >= 0.3 is 0 Å². The largest absolute Gasteiger partial charge is 0.318 e. The molecule has 0 aromatic heterocycles. The summed E-state index contributed by atoms with van der Waals surface area (Å²) < 4.78 is 0. The van der Waals surface area contributed by atoms with Gasteiger partial charge in [-0.1, -0.05) is 18.2 Å². The Morgan fingerprint density at radius 3 is 2.42 bits per heavy atom. The highest BCUT2D eigenvalue weighted by Crippen LogP contribution is 2.16. The summed E-state index contributed by atoms with van der Waals surface area (Å²) in [5.74, 6) is 0.139. The van der Waals surface area contributed by atoms with E-state index in [2.05, 4.69) is 5.32 Å². The van der Waals surface area contributed by atoms with Crippen LogP contribution < -0.4 is 10.2 Å². The molecule has 0 aliphatic heterocycles. The van der Waals surface area contributed by atoms with Gasteiger partial charge < -0.3 is 10.2 Å². The molecule has 0 unspecified atom stereocenters. The number of carbonyl (C=O) groups excluding carboxylic acids is 1. The van der Waals surface area contributed by atoms with Crippen LogP contribution in [0.1, 0.15) is 13.8 Å². The van der Waals surface area contributed by atoms with Gasteiger partial charge in [0.25, 0.3) is 0 Å². The molecule has 106 valence electrons. The number of para-hydroxylation sites is 1. The lowest BCUT2D eigenvalue weighted by atomic mass is 10.2. The van der Waals surface area contributed by atoms with Crippen molar-refractivity contribution in [3.8, 4) is 0 Å². The lowest BCUT2D eigenvalue weighted by molar-refractivity contribution is -0.119. The number of amides is 1. The molecular weight excluding hydrogens is 238 g/mol. The predicted octanol–water partition coefficient (Wildman–Crippen LogP) is 1.58. The van der Waals surface area contributed by atoms with Crippen molar-refractivity contribution >= 4 is 11.6 Å². The van der Waals surface area contributed by atoms with Crippen LogP contribution in [0.15, 0.2) is 30.3 Å². The summed E-state index contributed by atoms with van der Waals surface area (Å²) >= 11 is 0. The minimum Gasteiger partial charge on any atom is -0.318 e. The van der Waals surface area contributed by atoms with Crippen molar-refractivity contribution in [1.29, 1.82) is 0 Å².